The van der Waals surface area contributed by atoms with E-state index in [1.807, 2.05) is 62.4 Å². The summed E-state index contributed by atoms with van der Waals surface area (Å²) in [5, 5.41) is 2.82. The van der Waals surface area contributed by atoms with Crippen molar-refractivity contribution in [2.75, 3.05) is 25.5 Å². The zero-order chi connectivity index (χ0) is 23.4. The molecule has 168 valence electrons. The Morgan fingerprint density at radius 1 is 1.03 bits per heavy atom. The van der Waals surface area contributed by atoms with Crippen molar-refractivity contribution >= 4 is 28.5 Å². The summed E-state index contributed by atoms with van der Waals surface area (Å²) >= 11 is 0. The molecule has 0 atom stereocenters. The third-order valence-electron chi connectivity index (χ3n) is 5.47. The van der Waals surface area contributed by atoms with Crippen LogP contribution in [-0.2, 0) is 4.79 Å². The van der Waals surface area contributed by atoms with Crippen LogP contribution in [0, 0.1) is 6.92 Å². The molecule has 7 heteroatoms. The molecule has 0 unspecified atom stereocenters. The summed E-state index contributed by atoms with van der Waals surface area (Å²) < 4.78 is 7.33. The Bertz CT molecular complexity index is 1300. The number of amides is 2. The average Bonchev–Trinajstić information content (AvgIpc) is 3.17. The molecule has 1 heterocycles. The van der Waals surface area contributed by atoms with Gasteiger partial charge in [0, 0.05) is 17.8 Å². The van der Waals surface area contributed by atoms with Gasteiger partial charge < -0.3 is 15.0 Å². The SMILES string of the molecule is CCN(CC(=O)Nc1ccccc1OC)C(=O)c1ccc2c(c1)nc(C)n2-c1ccccc1. The standard InChI is InChI=1S/C26H26N4O3/c1-4-29(17-25(31)28-21-12-8-9-13-24(21)33-3)26(32)19-14-15-23-22(16-19)27-18(2)30(23)20-10-6-5-7-11-20/h5-16H,4,17H2,1-3H3,(H,28,31). The minimum absolute atomic E-state index is 0.0666. The van der Waals surface area contributed by atoms with Crippen LogP contribution in [0.15, 0.2) is 72.8 Å². The van der Waals surface area contributed by atoms with E-state index in [1.165, 1.54) is 4.90 Å². The first kappa shape index (κ1) is 22.1. The molecular formula is C26H26N4O3. The molecule has 1 aromatic heterocycles. The number of aryl methyl sites for hydroxylation is 1. The summed E-state index contributed by atoms with van der Waals surface area (Å²) in [4.78, 5) is 32.0. The van der Waals surface area contributed by atoms with Crippen LogP contribution in [0.4, 0.5) is 5.69 Å². The number of hydrogen-bond donors (Lipinski definition) is 1. The van der Waals surface area contributed by atoms with Gasteiger partial charge in [0.25, 0.3) is 5.91 Å². The lowest BCUT2D eigenvalue weighted by Crippen LogP contribution is -2.37. The molecule has 0 aliphatic carbocycles. The summed E-state index contributed by atoms with van der Waals surface area (Å²) in [6, 6.07) is 22.6. The fraction of sp³-hybridized carbons (Fsp3) is 0.192. The van der Waals surface area contributed by atoms with Gasteiger partial charge >= 0.3 is 0 Å². The molecule has 0 aliphatic heterocycles. The highest BCUT2D eigenvalue weighted by molar-refractivity contribution is 6.01. The van der Waals surface area contributed by atoms with Crippen LogP contribution >= 0.6 is 0 Å². The van der Waals surface area contributed by atoms with Gasteiger partial charge in [-0.3, -0.25) is 14.2 Å². The van der Waals surface area contributed by atoms with Crippen LogP contribution in [0.3, 0.4) is 0 Å². The monoisotopic (exact) mass is 442 g/mol. The number of nitrogens with one attached hydrogen (secondary N) is 1. The molecule has 1 N–H and O–H groups in total. The Labute approximate surface area is 192 Å². The summed E-state index contributed by atoms with van der Waals surface area (Å²) in [5.41, 5.74) is 3.73. The van der Waals surface area contributed by atoms with Crippen LogP contribution < -0.4 is 10.1 Å². The van der Waals surface area contributed by atoms with E-state index in [0.29, 0.717) is 23.5 Å². The van der Waals surface area contributed by atoms with Gasteiger partial charge in [-0.1, -0.05) is 30.3 Å². The van der Waals surface area contributed by atoms with Crippen molar-refractivity contribution in [2.45, 2.75) is 13.8 Å². The van der Waals surface area contributed by atoms with Gasteiger partial charge in [-0.15, -0.1) is 0 Å². The number of imidazole rings is 1. The van der Waals surface area contributed by atoms with Gasteiger partial charge in [-0.05, 0) is 56.3 Å². The Morgan fingerprint density at radius 3 is 2.48 bits per heavy atom. The minimum atomic E-state index is -0.292. The second-order valence-corrected chi connectivity index (χ2v) is 7.60. The molecule has 0 bridgehead atoms. The van der Waals surface area contributed by atoms with E-state index in [4.69, 9.17) is 4.74 Å². The molecule has 7 nitrogen and oxygen atoms in total. The molecule has 0 radical (unpaired) electrons. The average molecular weight is 443 g/mol. The fourth-order valence-corrected chi connectivity index (χ4v) is 3.86. The van der Waals surface area contributed by atoms with E-state index in [1.54, 1.807) is 31.4 Å². The van der Waals surface area contributed by atoms with Crippen LogP contribution in [0.25, 0.3) is 16.7 Å². The zero-order valence-electron chi connectivity index (χ0n) is 18.9. The number of fused-ring (bicyclic) bond motifs is 1. The molecule has 0 saturated heterocycles. The summed E-state index contributed by atoms with van der Waals surface area (Å²) in [6.07, 6.45) is 0. The molecule has 0 saturated carbocycles. The van der Waals surface area contributed by atoms with Gasteiger partial charge in [0.05, 0.1) is 23.8 Å². The maximum atomic E-state index is 13.2. The second-order valence-electron chi connectivity index (χ2n) is 7.60. The molecule has 4 aromatic rings. The number of para-hydroxylation sites is 3. The van der Waals surface area contributed by atoms with E-state index < -0.39 is 0 Å². The Morgan fingerprint density at radius 2 is 1.76 bits per heavy atom. The Balaban J connectivity index is 1.54. The quantitative estimate of drug-likeness (QED) is 0.459. The third-order valence-corrected chi connectivity index (χ3v) is 5.47. The predicted molar refractivity (Wildman–Crippen MR) is 129 cm³/mol. The highest BCUT2D eigenvalue weighted by Crippen LogP contribution is 2.24. The van der Waals surface area contributed by atoms with Crippen molar-refractivity contribution in [3.05, 3.63) is 84.2 Å². The van der Waals surface area contributed by atoms with Crippen molar-refractivity contribution < 1.29 is 14.3 Å². The number of likely N-dealkylation sites (N-methyl/N-ethyl adjacent to an activating group) is 1. The highest BCUT2D eigenvalue weighted by Gasteiger charge is 2.20. The first-order valence-corrected chi connectivity index (χ1v) is 10.8. The van der Waals surface area contributed by atoms with Gasteiger partial charge in [-0.25, -0.2) is 4.98 Å². The molecule has 33 heavy (non-hydrogen) atoms. The van der Waals surface area contributed by atoms with Crippen LogP contribution in [0.1, 0.15) is 23.1 Å². The number of rotatable bonds is 7. The second kappa shape index (κ2) is 9.56. The molecule has 0 aliphatic rings. The molecule has 0 spiro atoms. The number of hydrogen-bond acceptors (Lipinski definition) is 4. The number of methoxy groups -OCH3 is 1. The van der Waals surface area contributed by atoms with Gasteiger partial charge in [0.2, 0.25) is 5.91 Å². The molecule has 3 aromatic carbocycles. The summed E-state index contributed by atoms with van der Waals surface area (Å²) in [6.45, 7) is 4.12. The largest absolute Gasteiger partial charge is 0.495 e. The Kier molecular flexibility index (Phi) is 6.40. The number of ether oxygens (including phenoxy) is 1. The van der Waals surface area contributed by atoms with Crippen molar-refractivity contribution in [2.24, 2.45) is 0 Å². The summed E-state index contributed by atoms with van der Waals surface area (Å²) in [5.74, 6) is 0.890. The van der Waals surface area contributed by atoms with Crippen molar-refractivity contribution in [1.82, 2.24) is 14.5 Å². The van der Waals surface area contributed by atoms with Crippen molar-refractivity contribution in [3.63, 3.8) is 0 Å². The first-order chi connectivity index (χ1) is 16.0. The van der Waals surface area contributed by atoms with Crippen molar-refractivity contribution in [1.29, 1.82) is 0 Å². The fourth-order valence-electron chi connectivity index (χ4n) is 3.86. The number of carbonyl (C=O) groups excluding carboxylic acids is 2. The van der Waals surface area contributed by atoms with Crippen LogP contribution in [0.2, 0.25) is 0 Å². The smallest absolute Gasteiger partial charge is 0.254 e. The number of benzene rings is 3. The van der Waals surface area contributed by atoms with E-state index in [0.717, 1.165) is 22.5 Å². The lowest BCUT2D eigenvalue weighted by molar-refractivity contribution is -0.116. The van der Waals surface area contributed by atoms with E-state index in [9.17, 15) is 9.59 Å². The number of aromatic nitrogens is 2. The van der Waals surface area contributed by atoms with Crippen LogP contribution in [0.5, 0.6) is 5.75 Å². The molecule has 0 fully saturated rings. The minimum Gasteiger partial charge on any atom is -0.495 e. The van der Waals surface area contributed by atoms with Gasteiger partial charge in [0.15, 0.2) is 0 Å². The van der Waals surface area contributed by atoms with E-state index in [2.05, 4.69) is 14.9 Å². The number of carbonyl (C=O) groups is 2. The normalized spacial score (nSPS) is 10.8. The lowest BCUT2D eigenvalue weighted by Gasteiger charge is -2.21. The topological polar surface area (TPSA) is 76.5 Å². The Hall–Kier alpha value is -4.13. The van der Waals surface area contributed by atoms with E-state index >= 15 is 0 Å². The lowest BCUT2D eigenvalue weighted by atomic mass is 10.1. The highest BCUT2D eigenvalue weighted by atomic mass is 16.5. The predicted octanol–water partition coefficient (Wildman–Crippen LogP) is 4.44. The first-order valence-electron chi connectivity index (χ1n) is 10.8. The number of nitrogens with zero attached hydrogens (tertiary/aromatic N) is 3. The third kappa shape index (κ3) is 4.57. The molecule has 2 amide bonds. The molecule has 4 rings (SSSR count). The maximum absolute atomic E-state index is 13.2. The van der Waals surface area contributed by atoms with Gasteiger partial charge in [-0.2, -0.15) is 0 Å². The number of anilines is 1. The molecular weight excluding hydrogens is 416 g/mol. The van der Waals surface area contributed by atoms with Gasteiger partial charge in [0.1, 0.15) is 18.1 Å². The van der Waals surface area contributed by atoms with E-state index in [-0.39, 0.29) is 18.4 Å². The zero-order valence-corrected chi connectivity index (χ0v) is 18.9. The maximum Gasteiger partial charge on any atom is 0.254 e. The van der Waals surface area contributed by atoms with Crippen molar-refractivity contribution in [3.8, 4) is 11.4 Å². The van der Waals surface area contributed by atoms with Crippen LogP contribution in [-0.4, -0.2) is 46.5 Å². The summed E-state index contributed by atoms with van der Waals surface area (Å²) in [7, 11) is 1.55.